The van der Waals surface area contributed by atoms with Crippen LogP contribution in [0, 0.1) is 0 Å². The molecule has 0 aliphatic carbocycles. The molecule has 0 saturated carbocycles. The fourth-order valence-corrected chi connectivity index (χ4v) is 2.58. The van der Waals surface area contributed by atoms with Crippen molar-refractivity contribution in [3.63, 3.8) is 0 Å². The number of nitrogens with one attached hydrogen (secondary N) is 1. The van der Waals surface area contributed by atoms with Crippen molar-refractivity contribution in [3.05, 3.63) is 65.2 Å². The normalized spacial score (nSPS) is 12.9. The molecular formula is C18H14N2O5. The van der Waals surface area contributed by atoms with Crippen molar-refractivity contribution in [2.45, 2.75) is 6.42 Å². The molecular weight excluding hydrogens is 324 g/mol. The lowest BCUT2D eigenvalue weighted by molar-refractivity contribution is -0.116. The summed E-state index contributed by atoms with van der Waals surface area (Å²) >= 11 is 0. The fraction of sp³-hybridized carbons (Fsp3) is 0.111. The Kier molecular flexibility index (Phi) is 4.30. The Bertz CT molecular complexity index is 838. The number of benzene rings is 2. The van der Waals surface area contributed by atoms with Crippen LogP contribution >= 0.6 is 0 Å². The minimum absolute atomic E-state index is 0.0224. The van der Waals surface area contributed by atoms with Gasteiger partial charge in [-0.1, -0.05) is 12.1 Å². The van der Waals surface area contributed by atoms with Crippen molar-refractivity contribution in [1.82, 2.24) is 4.90 Å². The number of fused-ring (bicyclic) bond motifs is 1. The highest BCUT2D eigenvalue weighted by molar-refractivity contribution is 6.21. The molecule has 25 heavy (non-hydrogen) atoms. The van der Waals surface area contributed by atoms with Crippen molar-refractivity contribution < 1.29 is 24.3 Å². The van der Waals surface area contributed by atoms with Gasteiger partial charge in [-0.2, -0.15) is 0 Å². The molecule has 2 aromatic carbocycles. The zero-order chi connectivity index (χ0) is 18.0. The molecule has 0 spiro atoms. The number of imide groups is 1. The van der Waals surface area contributed by atoms with E-state index in [0.717, 1.165) is 4.90 Å². The van der Waals surface area contributed by atoms with Crippen molar-refractivity contribution in [3.8, 4) is 0 Å². The lowest BCUT2D eigenvalue weighted by Gasteiger charge is -2.13. The second-order valence-corrected chi connectivity index (χ2v) is 5.49. The number of amides is 3. The Balaban J connectivity index is 1.59. The van der Waals surface area contributed by atoms with Crippen LogP contribution in [0.25, 0.3) is 0 Å². The van der Waals surface area contributed by atoms with E-state index in [1.807, 2.05) is 0 Å². The summed E-state index contributed by atoms with van der Waals surface area (Å²) in [5.74, 6) is -2.23. The molecule has 3 rings (SSSR count). The molecule has 1 aliphatic heterocycles. The second kappa shape index (κ2) is 6.56. The highest BCUT2D eigenvalue weighted by Gasteiger charge is 2.34. The van der Waals surface area contributed by atoms with Crippen molar-refractivity contribution in [1.29, 1.82) is 0 Å². The van der Waals surface area contributed by atoms with Gasteiger partial charge in [0, 0.05) is 18.7 Å². The number of rotatable bonds is 5. The Labute approximate surface area is 142 Å². The zero-order valence-corrected chi connectivity index (χ0v) is 13.1. The first-order valence-corrected chi connectivity index (χ1v) is 7.56. The first kappa shape index (κ1) is 16.4. The third-order valence-electron chi connectivity index (χ3n) is 3.86. The van der Waals surface area contributed by atoms with Crippen LogP contribution in [0.15, 0.2) is 48.5 Å². The zero-order valence-electron chi connectivity index (χ0n) is 13.1. The minimum atomic E-state index is -1.05. The van der Waals surface area contributed by atoms with Gasteiger partial charge < -0.3 is 10.4 Å². The van der Waals surface area contributed by atoms with Crippen LogP contribution in [0.5, 0.6) is 0 Å². The van der Waals surface area contributed by atoms with Crippen LogP contribution in [-0.4, -0.2) is 40.2 Å². The third-order valence-corrected chi connectivity index (χ3v) is 3.86. The summed E-state index contributed by atoms with van der Waals surface area (Å²) in [7, 11) is 0. The number of hydrogen-bond acceptors (Lipinski definition) is 4. The summed E-state index contributed by atoms with van der Waals surface area (Å²) in [6.07, 6.45) is -0.0495. The predicted molar refractivity (Wildman–Crippen MR) is 88.5 cm³/mol. The summed E-state index contributed by atoms with van der Waals surface area (Å²) < 4.78 is 0. The first-order chi connectivity index (χ1) is 12.0. The van der Waals surface area contributed by atoms with Gasteiger partial charge in [0.05, 0.1) is 16.7 Å². The Morgan fingerprint density at radius 1 is 0.920 bits per heavy atom. The van der Waals surface area contributed by atoms with Gasteiger partial charge in [0.25, 0.3) is 11.8 Å². The molecule has 0 aromatic heterocycles. The van der Waals surface area contributed by atoms with E-state index >= 15 is 0 Å². The van der Waals surface area contributed by atoms with Gasteiger partial charge in [0.15, 0.2) is 0 Å². The van der Waals surface area contributed by atoms with E-state index in [1.54, 1.807) is 24.3 Å². The molecule has 0 fully saturated rings. The van der Waals surface area contributed by atoms with Crippen LogP contribution in [0.2, 0.25) is 0 Å². The highest BCUT2D eigenvalue weighted by atomic mass is 16.4. The fourth-order valence-electron chi connectivity index (χ4n) is 2.58. The Morgan fingerprint density at radius 3 is 2.00 bits per heavy atom. The van der Waals surface area contributed by atoms with Crippen molar-refractivity contribution in [2.75, 3.05) is 11.9 Å². The number of aromatic carboxylic acids is 1. The molecule has 2 aromatic rings. The van der Waals surface area contributed by atoms with Crippen LogP contribution < -0.4 is 5.32 Å². The van der Waals surface area contributed by atoms with Crippen LogP contribution in [0.3, 0.4) is 0 Å². The Hall–Kier alpha value is -3.48. The average molecular weight is 338 g/mol. The van der Waals surface area contributed by atoms with E-state index in [9.17, 15) is 19.2 Å². The van der Waals surface area contributed by atoms with Gasteiger partial charge in [0.2, 0.25) is 5.91 Å². The van der Waals surface area contributed by atoms with E-state index in [1.165, 1.54) is 24.3 Å². The van der Waals surface area contributed by atoms with Crippen LogP contribution in [0.4, 0.5) is 5.69 Å². The first-order valence-electron chi connectivity index (χ1n) is 7.56. The number of nitrogens with zero attached hydrogens (tertiary/aromatic N) is 1. The van der Waals surface area contributed by atoms with E-state index < -0.39 is 17.8 Å². The lowest BCUT2D eigenvalue weighted by Crippen LogP contribution is -2.32. The summed E-state index contributed by atoms with van der Waals surface area (Å²) in [6.45, 7) is -0.0224. The second-order valence-electron chi connectivity index (χ2n) is 5.49. The SMILES string of the molecule is O=C(CCN1C(=O)c2ccccc2C1=O)Nc1ccc(C(=O)O)cc1. The molecule has 2 N–H and O–H groups in total. The predicted octanol–water partition coefficient (Wildman–Crippen LogP) is 2.01. The minimum Gasteiger partial charge on any atom is -0.478 e. The lowest BCUT2D eigenvalue weighted by atomic mass is 10.1. The van der Waals surface area contributed by atoms with Crippen LogP contribution in [0.1, 0.15) is 37.5 Å². The maximum Gasteiger partial charge on any atom is 0.335 e. The highest BCUT2D eigenvalue weighted by Crippen LogP contribution is 2.22. The third kappa shape index (κ3) is 3.25. The molecule has 0 saturated heterocycles. The van der Waals surface area contributed by atoms with E-state index in [0.29, 0.717) is 16.8 Å². The van der Waals surface area contributed by atoms with Crippen molar-refractivity contribution >= 4 is 29.4 Å². The number of anilines is 1. The molecule has 0 unspecified atom stereocenters. The molecule has 126 valence electrons. The summed E-state index contributed by atoms with van der Waals surface area (Å²) in [6, 6.07) is 12.2. The van der Waals surface area contributed by atoms with E-state index in [2.05, 4.69) is 5.32 Å². The number of carboxylic acids is 1. The molecule has 0 radical (unpaired) electrons. The number of carboxylic acid groups (broad SMARTS) is 1. The van der Waals surface area contributed by atoms with Crippen molar-refractivity contribution in [2.24, 2.45) is 0 Å². The maximum atomic E-state index is 12.2. The summed E-state index contributed by atoms with van der Waals surface area (Å²) in [5, 5.41) is 11.4. The quantitative estimate of drug-likeness (QED) is 0.812. The van der Waals surface area contributed by atoms with Gasteiger partial charge in [0.1, 0.15) is 0 Å². The molecule has 7 nitrogen and oxygen atoms in total. The largest absolute Gasteiger partial charge is 0.478 e. The molecule has 1 heterocycles. The monoisotopic (exact) mass is 338 g/mol. The van der Waals surface area contributed by atoms with E-state index in [4.69, 9.17) is 5.11 Å². The van der Waals surface area contributed by atoms with Gasteiger partial charge in [-0.25, -0.2) is 4.79 Å². The number of carbonyl (C=O) groups excluding carboxylic acids is 3. The maximum absolute atomic E-state index is 12.2. The van der Waals surface area contributed by atoms with Gasteiger partial charge >= 0.3 is 5.97 Å². The summed E-state index contributed by atoms with van der Waals surface area (Å²) in [4.78, 5) is 48.2. The van der Waals surface area contributed by atoms with Crippen LogP contribution in [-0.2, 0) is 4.79 Å². The molecule has 0 bridgehead atoms. The molecule has 1 aliphatic rings. The standard InChI is InChI=1S/C18H14N2O5/c21-15(19-12-7-5-11(6-8-12)18(24)25)9-10-20-16(22)13-3-1-2-4-14(13)17(20)23/h1-8H,9-10H2,(H,19,21)(H,24,25). The molecule has 0 atom stereocenters. The van der Waals surface area contributed by atoms with Gasteiger partial charge in [-0.3, -0.25) is 19.3 Å². The van der Waals surface area contributed by atoms with E-state index in [-0.39, 0.29) is 24.4 Å². The summed E-state index contributed by atoms with van der Waals surface area (Å²) in [5.41, 5.74) is 1.25. The Morgan fingerprint density at radius 2 is 1.48 bits per heavy atom. The van der Waals surface area contributed by atoms with Gasteiger partial charge in [-0.05, 0) is 36.4 Å². The smallest absolute Gasteiger partial charge is 0.335 e. The number of hydrogen-bond donors (Lipinski definition) is 2. The molecule has 7 heteroatoms. The topological polar surface area (TPSA) is 104 Å². The molecule has 3 amide bonds. The van der Waals surface area contributed by atoms with Gasteiger partial charge in [-0.15, -0.1) is 0 Å². The average Bonchev–Trinajstić information content (AvgIpc) is 2.85. The number of carbonyl (C=O) groups is 4.